The van der Waals surface area contributed by atoms with Crippen LogP contribution in [0.1, 0.15) is 38.4 Å². The second kappa shape index (κ2) is 8.86. The van der Waals surface area contributed by atoms with Crippen molar-refractivity contribution in [2.75, 3.05) is 13.4 Å². The van der Waals surface area contributed by atoms with Gasteiger partial charge in [-0.05, 0) is 55.8 Å². The molecule has 1 aliphatic rings. The van der Waals surface area contributed by atoms with Crippen molar-refractivity contribution < 1.29 is 45.3 Å². The first-order valence-corrected chi connectivity index (χ1v) is 10.3. The number of ketones is 1. The lowest BCUT2D eigenvalue weighted by molar-refractivity contribution is -0.143. The molecule has 0 saturated carbocycles. The second-order valence-corrected chi connectivity index (χ2v) is 8.01. The topological polar surface area (TPSA) is 49.7 Å². The Morgan fingerprint density at radius 2 is 1.54 bits per heavy atom. The Kier molecular flexibility index (Phi) is 6.20. The molecule has 0 bridgehead atoms. The highest BCUT2D eigenvalue weighted by Gasteiger charge is 2.37. The van der Waals surface area contributed by atoms with E-state index in [-0.39, 0.29) is 18.4 Å². The van der Waals surface area contributed by atoms with Crippen molar-refractivity contribution in [2.24, 2.45) is 0 Å². The van der Waals surface area contributed by atoms with Gasteiger partial charge in [-0.25, -0.2) is 0 Å². The summed E-state index contributed by atoms with van der Waals surface area (Å²) in [6.45, 7) is 3.28. The number of hydrogen-bond donors (Lipinski definition) is 0. The number of halogens is 6. The van der Waals surface area contributed by atoms with E-state index in [2.05, 4.69) is 0 Å². The van der Waals surface area contributed by atoms with Gasteiger partial charge in [0.2, 0.25) is 12.6 Å². The standard InChI is InChI=1S/C24H19F6NO4/c1-13-5-19(14(2)31(13)10-15-3-4-21-22(6-15)35-12-34-21)20(32)11-33-18-8-16(23(25,26)27)7-17(9-18)24(28,29)30/h3-9H,10-12H2,1-2H3. The fourth-order valence-electron chi connectivity index (χ4n) is 3.78. The molecule has 0 N–H and O–H groups in total. The van der Waals surface area contributed by atoms with Crippen LogP contribution in [0.2, 0.25) is 0 Å². The number of fused-ring (bicyclic) bond motifs is 1. The van der Waals surface area contributed by atoms with Crippen LogP contribution < -0.4 is 14.2 Å². The minimum atomic E-state index is -5.01. The summed E-state index contributed by atoms with van der Waals surface area (Å²) >= 11 is 0. The summed E-state index contributed by atoms with van der Waals surface area (Å²) in [5.41, 5.74) is -0.578. The Hall–Kier alpha value is -3.63. The van der Waals surface area contributed by atoms with Gasteiger partial charge in [0, 0.05) is 23.5 Å². The van der Waals surface area contributed by atoms with E-state index in [0.29, 0.717) is 35.9 Å². The van der Waals surface area contributed by atoms with Crippen LogP contribution in [0.4, 0.5) is 26.3 Å². The SMILES string of the molecule is Cc1cc(C(=O)COc2cc(C(F)(F)F)cc(C(F)(F)F)c2)c(C)n1Cc1ccc2c(c1)OCO2. The highest BCUT2D eigenvalue weighted by atomic mass is 19.4. The highest BCUT2D eigenvalue weighted by Crippen LogP contribution is 2.38. The molecule has 0 saturated heterocycles. The number of benzene rings is 2. The van der Waals surface area contributed by atoms with Crippen molar-refractivity contribution in [3.8, 4) is 17.2 Å². The molecule has 0 unspecified atom stereocenters. The van der Waals surface area contributed by atoms with Gasteiger partial charge in [-0.3, -0.25) is 4.79 Å². The van der Waals surface area contributed by atoms with E-state index >= 15 is 0 Å². The van der Waals surface area contributed by atoms with Crippen molar-refractivity contribution in [3.63, 3.8) is 0 Å². The fourth-order valence-corrected chi connectivity index (χ4v) is 3.78. The van der Waals surface area contributed by atoms with Crippen molar-refractivity contribution in [3.05, 3.63) is 76.1 Å². The van der Waals surface area contributed by atoms with Gasteiger partial charge in [0.15, 0.2) is 18.1 Å². The van der Waals surface area contributed by atoms with Gasteiger partial charge >= 0.3 is 12.4 Å². The summed E-state index contributed by atoms with van der Waals surface area (Å²) in [7, 11) is 0. The van der Waals surface area contributed by atoms with E-state index in [1.54, 1.807) is 26.0 Å². The molecule has 0 fully saturated rings. The Bertz CT molecular complexity index is 1240. The Morgan fingerprint density at radius 1 is 0.914 bits per heavy atom. The summed E-state index contributed by atoms with van der Waals surface area (Å²) in [4.78, 5) is 12.8. The fraction of sp³-hybridized carbons (Fsp3) is 0.292. The number of aryl methyl sites for hydroxylation is 1. The molecule has 35 heavy (non-hydrogen) atoms. The van der Waals surface area contributed by atoms with Gasteiger partial charge in [-0.1, -0.05) is 6.07 Å². The molecule has 4 rings (SSSR count). The molecule has 0 spiro atoms. The number of aromatic nitrogens is 1. The number of carbonyl (C=O) groups excluding carboxylic acids is 1. The Morgan fingerprint density at radius 3 is 2.17 bits per heavy atom. The zero-order valence-corrected chi connectivity index (χ0v) is 18.5. The van der Waals surface area contributed by atoms with E-state index < -0.39 is 41.6 Å². The largest absolute Gasteiger partial charge is 0.485 e. The van der Waals surface area contributed by atoms with Gasteiger partial charge in [-0.15, -0.1) is 0 Å². The van der Waals surface area contributed by atoms with Crippen LogP contribution in [0.3, 0.4) is 0 Å². The van der Waals surface area contributed by atoms with Crippen LogP contribution >= 0.6 is 0 Å². The van der Waals surface area contributed by atoms with Gasteiger partial charge in [0.1, 0.15) is 5.75 Å². The van der Waals surface area contributed by atoms with Gasteiger partial charge < -0.3 is 18.8 Å². The third-order valence-corrected chi connectivity index (χ3v) is 5.58. The molecule has 0 radical (unpaired) electrons. The maximum atomic E-state index is 13.0. The monoisotopic (exact) mass is 499 g/mol. The molecule has 186 valence electrons. The first-order valence-electron chi connectivity index (χ1n) is 10.3. The minimum Gasteiger partial charge on any atom is -0.485 e. The number of alkyl halides is 6. The summed E-state index contributed by atoms with van der Waals surface area (Å²) in [5.74, 6) is -0.0457. The molecular weight excluding hydrogens is 480 g/mol. The molecule has 2 heterocycles. The molecule has 0 aliphatic carbocycles. The minimum absolute atomic E-state index is 0.00155. The van der Waals surface area contributed by atoms with Gasteiger partial charge in [0.25, 0.3) is 0 Å². The molecular formula is C24H19F6NO4. The average Bonchev–Trinajstić information content (AvgIpc) is 3.35. The lowest BCUT2D eigenvalue weighted by atomic mass is 10.1. The summed E-state index contributed by atoms with van der Waals surface area (Å²) in [6, 6.07) is 7.91. The van der Waals surface area contributed by atoms with E-state index in [4.69, 9.17) is 14.2 Å². The van der Waals surface area contributed by atoms with Crippen molar-refractivity contribution >= 4 is 5.78 Å². The quantitative estimate of drug-likeness (QED) is 0.300. The van der Waals surface area contributed by atoms with E-state index in [1.807, 2.05) is 16.7 Å². The van der Waals surface area contributed by atoms with Crippen LogP contribution in [-0.2, 0) is 18.9 Å². The maximum absolute atomic E-state index is 13.0. The van der Waals surface area contributed by atoms with Crippen LogP contribution in [-0.4, -0.2) is 23.8 Å². The molecule has 2 aromatic carbocycles. The Balaban J connectivity index is 1.52. The van der Waals surface area contributed by atoms with Crippen molar-refractivity contribution in [2.45, 2.75) is 32.7 Å². The smallest absolute Gasteiger partial charge is 0.416 e. The predicted molar refractivity (Wildman–Crippen MR) is 112 cm³/mol. The number of rotatable bonds is 6. The average molecular weight is 499 g/mol. The van der Waals surface area contributed by atoms with Crippen LogP contribution in [0, 0.1) is 13.8 Å². The summed E-state index contributed by atoms with van der Waals surface area (Å²) in [5, 5.41) is 0. The van der Waals surface area contributed by atoms with Crippen LogP contribution in [0.5, 0.6) is 17.2 Å². The van der Waals surface area contributed by atoms with E-state index in [9.17, 15) is 31.1 Å². The Labute approximate surface area is 195 Å². The first kappa shape index (κ1) is 24.5. The van der Waals surface area contributed by atoms with E-state index in [0.717, 1.165) is 11.3 Å². The highest BCUT2D eigenvalue weighted by molar-refractivity contribution is 5.98. The van der Waals surface area contributed by atoms with Gasteiger partial charge in [-0.2, -0.15) is 26.3 Å². The third kappa shape index (κ3) is 5.23. The maximum Gasteiger partial charge on any atom is 0.416 e. The third-order valence-electron chi connectivity index (χ3n) is 5.58. The zero-order valence-electron chi connectivity index (χ0n) is 18.5. The predicted octanol–water partition coefficient (Wildman–Crippen LogP) is 6.18. The summed E-state index contributed by atoms with van der Waals surface area (Å²) < 4.78 is 95.9. The first-order chi connectivity index (χ1) is 16.3. The van der Waals surface area contributed by atoms with Gasteiger partial charge in [0.05, 0.1) is 11.1 Å². The van der Waals surface area contributed by atoms with E-state index in [1.165, 1.54) is 0 Å². The molecule has 11 heteroatoms. The lowest BCUT2D eigenvalue weighted by Gasteiger charge is -2.14. The van der Waals surface area contributed by atoms with Crippen LogP contribution in [0.25, 0.3) is 0 Å². The van der Waals surface area contributed by atoms with Crippen molar-refractivity contribution in [1.82, 2.24) is 4.57 Å². The number of ether oxygens (including phenoxy) is 3. The molecule has 1 aromatic heterocycles. The molecule has 1 aliphatic heterocycles. The van der Waals surface area contributed by atoms with Crippen LogP contribution in [0.15, 0.2) is 42.5 Å². The number of hydrogen-bond acceptors (Lipinski definition) is 4. The second-order valence-electron chi connectivity index (χ2n) is 8.01. The molecule has 0 amide bonds. The number of Topliss-reactive ketones (excluding diaryl/α,β-unsaturated/α-hetero) is 1. The zero-order chi connectivity index (χ0) is 25.5. The lowest BCUT2D eigenvalue weighted by Crippen LogP contribution is -2.15. The normalized spacial score (nSPS) is 13.3. The number of nitrogens with zero attached hydrogens (tertiary/aromatic N) is 1. The number of carbonyl (C=O) groups is 1. The summed E-state index contributed by atoms with van der Waals surface area (Å²) in [6.07, 6.45) is -10.0. The molecule has 3 aromatic rings. The molecule has 0 atom stereocenters. The molecule has 5 nitrogen and oxygen atoms in total. The van der Waals surface area contributed by atoms with Crippen molar-refractivity contribution in [1.29, 1.82) is 0 Å².